The minimum atomic E-state index is -0.0150. The highest BCUT2D eigenvalue weighted by atomic mass is 35.5. The summed E-state index contributed by atoms with van der Waals surface area (Å²) in [4.78, 5) is 1.35. The van der Waals surface area contributed by atoms with Gasteiger partial charge in [0.05, 0.1) is 9.94 Å². The first-order chi connectivity index (χ1) is 10.1. The molecule has 1 fully saturated rings. The fourth-order valence-corrected chi connectivity index (χ4v) is 4.87. The van der Waals surface area contributed by atoms with Crippen molar-refractivity contribution in [1.29, 1.82) is 0 Å². The van der Waals surface area contributed by atoms with Crippen molar-refractivity contribution >= 4 is 22.9 Å². The Kier molecular flexibility index (Phi) is 6.54. The molecule has 4 heteroatoms. The highest BCUT2D eigenvalue weighted by molar-refractivity contribution is 7.16. The number of thiophene rings is 1. The summed E-state index contributed by atoms with van der Waals surface area (Å²) in [7, 11) is 0. The fourth-order valence-electron chi connectivity index (χ4n) is 3.73. The Balaban J connectivity index is 2.18. The highest BCUT2D eigenvalue weighted by Gasteiger charge is 2.42. The van der Waals surface area contributed by atoms with Crippen molar-refractivity contribution in [2.75, 3.05) is 13.2 Å². The van der Waals surface area contributed by atoms with Crippen molar-refractivity contribution in [2.45, 2.75) is 64.5 Å². The van der Waals surface area contributed by atoms with Crippen LogP contribution in [0.5, 0.6) is 0 Å². The first-order valence-corrected chi connectivity index (χ1v) is 9.40. The maximum Gasteiger partial charge on any atom is 0.0931 e. The van der Waals surface area contributed by atoms with E-state index in [0.29, 0.717) is 6.04 Å². The molecule has 1 aromatic heterocycles. The van der Waals surface area contributed by atoms with E-state index in [0.717, 1.165) is 36.2 Å². The Morgan fingerprint density at radius 1 is 1.48 bits per heavy atom. The summed E-state index contributed by atoms with van der Waals surface area (Å²) in [6.07, 6.45) is 5.95. The molecule has 0 spiro atoms. The van der Waals surface area contributed by atoms with E-state index in [-0.39, 0.29) is 5.60 Å². The summed E-state index contributed by atoms with van der Waals surface area (Å²) < 4.78 is 7.22. The summed E-state index contributed by atoms with van der Waals surface area (Å²) in [6, 6.07) is 4.53. The zero-order chi connectivity index (χ0) is 15.3. The van der Waals surface area contributed by atoms with Crippen molar-refractivity contribution in [3.8, 4) is 0 Å². The topological polar surface area (TPSA) is 21.3 Å². The van der Waals surface area contributed by atoms with Crippen molar-refractivity contribution < 1.29 is 4.74 Å². The van der Waals surface area contributed by atoms with E-state index < -0.39 is 0 Å². The molecule has 2 rings (SSSR count). The molecule has 1 aliphatic carbocycles. The maximum atomic E-state index is 6.34. The van der Waals surface area contributed by atoms with Gasteiger partial charge in [-0.25, -0.2) is 0 Å². The molecule has 3 unspecified atom stereocenters. The Morgan fingerprint density at radius 2 is 2.29 bits per heavy atom. The number of hydrogen-bond acceptors (Lipinski definition) is 3. The first-order valence-electron chi connectivity index (χ1n) is 8.21. The molecule has 0 bridgehead atoms. The smallest absolute Gasteiger partial charge is 0.0931 e. The van der Waals surface area contributed by atoms with Gasteiger partial charge in [0.2, 0.25) is 0 Å². The fraction of sp³-hybridized carbons (Fsp3) is 0.765. The van der Waals surface area contributed by atoms with Gasteiger partial charge in [0.1, 0.15) is 0 Å². The maximum absolute atomic E-state index is 6.34. The molecule has 1 heterocycles. The summed E-state index contributed by atoms with van der Waals surface area (Å²) in [6.45, 7) is 8.43. The molecule has 120 valence electrons. The van der Waals surface area contributed by atoms with Crippen molar-refractivity contribution in [3.63, 3.8) is 0 Å². The van der Waals surface area contributed by atoms with E-state index in [1.807, 2.05) is 6.07 Å². The molecule has 1 aromatic rings. The van der Waals surface area contributed by atoms with Crippen LogP contribution in [0.4, 0.5) is 0 Å². The standard InChI is InChI=1S/C17H28ClNOS/c1-4-19-15(11-14-8-9-16(18)21-14)17(20-5-2)10-6-7-13(3)12-17/h8-9,13,15,19H,4-7,10-12H2,1-3H3. The minimum Gasteiger partial charge on any atom is -0.374 e. The monoisotopic (exact) mass is 329 g/mol. The molecule has 0 aromatic carbocycles. The Bertz CT molecular complexity index is 432. The van der Waals surface area contributed by atoms with Crippen LogP contribution >= 0.6 is 22.9 Å². The van der Waals surface area contributed by atoms with Gasteiger partial charge in [-0.15, -0.1) is 11.3 Å². The van der Waals surface area contributed by atoms with E-state index in [1.54, 1.807) is 11.3 Å². The lowest BCUT2D eigenvalue weighted by Gasteiger charge is -2.45. The summed E-state index contributed by atoms with van der Waals surface area (Å²) in [5, 5.41) is 3.69. The molecule has 1 saturated carbocycles. The average molecular weight is 330 g/mol. The van der Waals surface area contributed by atoms with Crippen LogP contribution in [-0.4, -0.2) is 24.8 Å². The second-order valence-electron chi connectivity index (χ2n) is 6.22. The van der Waals surface area contributed by atoms with Gasteiger partial charge in [-0.05, 0) is 50.8 Å². The SMILES string of the molecule is CCNC(Cc1ccc(Cl)s1)C1(OCC)CCCC(C)C1. The predicted octanol–water partition coefficient (Wildman–Crippen LogP) is 4.91. The molecule has 0 amide bonds. The van der Waals surface area contributed by atoms with Gasteiger partial charge in [-0.2, -0.15) is 0 Å². The summed E-state index contributed by atoms with van der Waals surface area (Å²) in [5.41, 5.74) is -0.0150. The van der Waals surface area contributed by atoms with Crippen LogP contribution in [0.2, 0.25) is 4.34 Å². The van der Waals surface area contributed by atoms with Gasteiger partial charge in [-0.3, -0.25) is 0 Å². The summed E-state index contributed by atoms with van der Waals surface area (Å²) >= 11 is 7.79. The number of halogens is 1. The zero-order valence-corrected chi connectivity index (χ0v) is 15.0. The molecule has 1 aliphatic rings. The molecule has 0 aliphatic heterocycles. The van der Waals surface area contributed by atoms with Crippen LogP contribution < -0.4 is 5.32 Å². The first kappa shape index (κ1) is 17.3. The van der Waals surface area contributed by atoms with Crippen molar-refractivity contribution in [2.24, 2.45) is 5.92 Å². The minimum absolute atomic E-state index is 0.0150. The van der Waals surface area contributed by atoms with E-state index in [9.17, 15) is 0 Å². The van der Waals surface area contributed by atoms with E-state index in [1.165, 1.54) is 24.1 Å². The Labute approximate surface area is 138 Å². The second kappa shape index (κ2) is 7.96. The Morgan fingerprint density at radius 3 is 2.86 bits per heavy atom. The number of ether oxygens (including phenoxy) is 1. The van der Waals surface area contributed by atoms with Crippen LogP contribution in [0, 0.1) is 5.92 Å². The van der Waals surface area contributed by atoms with Gasteiger partial charge in [0, 0.05) is 17.5 Å². The van der Waals surface area contributed by atoms with Crippen LogP contribution in [0.15, 0.2) is 12.1 Å². The molecule has 3 atom stereocenters. The lowest BCUT2D eigenvalue weighted by molar-refractivity contribution is -0.0997. The molecular formula is C17H28ClNOS. The van der Waals surface area contributed by atoms with Gasteiger partial charge in [-0.1, -0.05) is 38.3 Å². The average Bonchev–Trinajstić information content (AvgIpc) is 2.84. The van der Waals surface area contributed by atoms with Crippen LogP contribution in [-0.2, 0) is 11.2 Å². The Hall–Kier alpha value is -0.0900. The lowest BCUT2D eigenvalue weighted by Crippen LogP contribution is -2.55. The molecule has 0 saturated heterocycles. The van der Waals surface area contributed by atoms with Gasteiger partial charge in [0.25, 0.3) is 0 Å². The lowest BCUT2D eigenvalue weighted by atomic mass is 9.73. The van der Waals surface area contributed by atoms with Gasteiger partial charge >= 0.3 is 0 Å². The molecule has 0 radical (unpaired) electrons. The molecule has 1 N–H and O–H groups in total. The van der Waals surface area contributed by atoms with Crippen LogP contribution in [0.25, 0.3) is 0 Å². The van der Waals surface area contributed by atoms with Crippen molar-refractivity contribution in [3.05, 3.63) is 21.3 Å². The highest BCUT2D eigenvalue weighted by Crippen LogP contribution is 2.39. The number of nitrogens with one attached hydrogen (secondary N) is 1. The third-order valence-corrected chi connectivity index (χ3v) is 5.80. The van der Waals surface area contributed by atoms with Crippen LogP contribution in [0.1, 0.15) is 51.3 Å². The quantitative estimate of drug-likeness (QED) is 0.767. The molecule has 21 heavy (non-hydrogen) atoms. The van der Waals surface area contributed by atoms with E-state index in [4.69, 9.17) is 16.3 Å². The predicted molar refractivity (Wildman–Crippen MR) is 92.5 cm³/mol. The third-order valence-electron chi connectivity index (χ3n) is 4.54. The van der Waals surface area contributed by atoms with E-state index in [2.05, 4.69) is 32.2 Å². The van der Waals surface area contributed by atoms with E-state index >= 15 is 0 Å². The zero-order valence-electron chi connectivity index (χ0n) is 13.5. The number of likely N-dealkylation sites (N-methyl/N-ethyl adjacent to an activating group) is 1. The largest absolute Gasteiger partial charge is 0.374 e. The second-order valence-corrected chi connectivity index (χ2v) is 8.02. The van der Waals surface area contributed by atoms with Gasteiger partial charge < -0.3 is 10.1 Å². The summed E-state index contributed by atoms with van der Waals surface area (Å²) in [5.74, 6) is 0.748. The van der Waals surface area contributed by atoms with Crippen LogP contribution in [0.3, 0.4) is 0 Å². The normalized spacial score (nSPS) is 27.7. The number of hydrogen-bond donors (Lipinski definition) is 1. The molecular weight excluding hydrogens is 302 g/mol. The third kappa shape index (κ3) is 4.44. The van der Waals surface area contributed by atoms with Gasteiger partial charge in [0.15, 0.2) is 0 Å². The number of rotatable bonds is 7. The molecule has 2 nitrogen and oxygen atoms in total. The van der Waals surface area contributed by atoms with Crippen molar-refractivity contribution in [1.82, 2.24) is 5.32 Å².